The minimum Gasteiger partial charge on any atom is -0.468 e. The number of aromatic nitrogens is 1. The Bertz CT molecular complexity index is 708. The SMILES string of the molecule is COC(=O)C(Cc1c(C(C)(C)C)n(C)c2ccccc12)N(C)C. The number of aryl methyl sites for hydroxylation is 1. The minimum atomic E-state index is -0.285. The lowest BCUT2D eigenvalue weighted by Crippen LogP contribution is -2.39. The zero-order valence-electron chi connectivity index (χ0n) is 15.3. The molecule has 0 bridgehead atoms. The summed E-state index contributed by atoms with van der Waals surface area (Å²) in [4.78, 5) is 14.1. The third-order valence-electron chi connectivity index (χ3n) is 4.42. The van der Waals surface area contributed by atoms with Crippen molar-refractivity contribution in [2.75, 3.05) is 21.2 Å². The number of para-hydroxylation sites is 1. The van der Waals surface area contributed by atoms with Crippen molar-refractivity contribution in [3.05, 3.63) is 35.5 Å². The van der Waals surface area contributed by atoms with Crippen LogP contribution in [0.25, 0.3) is 10.9 Å². The molecule has 4 heteroatoms. The van der Waals surface area contributed by atoms with Gasteiger partial charge in [0.05, 0.1) is 7.11 Å². The van der Waals surface area contributed by atoms with E-state index >= 15 is 0 Å². The van der Waals surface area contributed by atoms with Gasteiger partial charge in [-0.05, 0) is 25.7 Å². The number of carbonyl (C=O) groups excluding carboxylic acids is 1. The summed E-state index contributed by atoms with van der Waals surface area (Å²) in [6, 6.07) is 8.11. The molecule has 23 heavy (non-hydrogen) atoms. The van der Waals surface area contributed by atoms with Crippen LogP contribution in [0.3, 0.4) is 0 Å². The Morgan fingerprint density at radius 1 is 1.26 bits per heavy atom. The summed E-state index contributed by atoms with van der Waals surface area (Å²) in [6.45, 7) is 6.65. The standard InChI is InChI=1S/C19H28N2O2/c1-19(2,3)17-14(12-16(20(4)5)18(22)23-7)13-10-8-9-11-15(13)21(17)6/h8-11,16H,12H2,1-7H3. The molecule has 1 unspecified atom stereocenters. The van der Waals surface area contributed by atoms with Crippen molar-refractivity contribution in [1.82, 2.24) is 9.47 Å². The Kier molecular flexibility index (Phi) is 4.85. The Labute approximate surface area is 139 Å². The van der Waals surface area contributed by atoms with E-state index in [1.165, 1.54) is 29.3 Å². The van der Waals surface area contributed by atoms with Gasteiger partial charge < -0.3 is 9.30 Å². The van der Waals surface area contributed by atoms with Gasteiger partial charge in [-0.2, -0.15) is 0 Å². The largest absolute Gasteiger partial charge is 0.468 e. The third-order valence-corrected chi connectivity index (χ3v) is 4.42. The molecule has 2 rings (SSSR count). The van der Waals surface area contributed by atoms with Gasteiger partial charge in [-0.3, -0.25) is 9.69 Å². The fraction of sp³-hybridized carbons (Fsp3) is 0.526. The summed E-state index contributed by atoms with van der Waals surface area (Å²) in [5.74, 6) is -0.192. The highest BCUT2D eigenvalue weighted by atomic mass is 16.5. The summed E-state index contributed by atoms with van der Waals surface area (Å²) in [5, 5.41) is 1.22. The van der Waals surface area contributed by atoms with Gasteiger partial charge in [0.2, 0.25) is 0 Å². The molecule has 0 saturated carbocycles. The lowest BCUT2D eigenvalue weighted by atomic mass is 9.86. The second-order valence-electron chi connectivity index (χ2n) is 7.36. The number of hydrogen-bond donors (Lipinski definition) is 0. The van der Waals surface area contributed by atoms with E-state index in [1.54, 1.807) is 0 Å². The van der Waals surface area contributed by atoms with Crippen LogP contribution in [0.5, 0.6) is 0 Å². The molecule has 0 aliphatic carbocycles. The van der Waals surface area contributed by atoms with E-state index in [2.05, 4.69) is 56.7 Å². The topological polar surface area (TPSA) is 34.5 Å². The quantitative estimate of drug-likeness (QED) is 0.813. The van der Waals surface area contributed by atoms with Gasteiger partial charge in [0.1, 0.15) is 6.04 Å². The van der Waals surface area contributed by atoms with Crippen molar-refractivity contribution in [3.63, 3.8) is 0 Å². The van der Waals surface area contributed by atoms with Crippen LogP contribution in [-0.2, 0) is 28.4 Å². The Hall–Kier alpha value is -1.81. The maximum atomic E-state index is 12.2. The zero-order chi connectivity index (χ0) is 17.4. The lowest BCUT2D eigenvalue weighted by molar-refractivity contribution is -0.145. The number of rotatable bonds is 4. The second-order valence-corrected chi connectivity index (χ2v) is 7.36. The van der Waals surface area contributed by atoms with Crippen molar-refractivity contribution in [2.45, 2.75) is 38.6 Å². The van der Waals surface area contributed by atoms with E-state index in [0.29, 0.717) is 6.42 Å². The molecule has 1 aromatic heterocycles. The van der Waals surface area contributed by atoms with Crippen molar-refractivity contribution < 1.29 is 9.53 Å². The number of carbonyl (C=O) groups is 1. The van der Waals surface area contributed by atoms with E-state index in [4.69, 9.17) is 4.74 Å². The number of ether oxygens (including phenoxy) is 1. The number of fused-ring (bicyclic) bond motifs is 1. The van der Waals surface area contributed by atoms with Crippen LogP contribution in [0.1, 0.15) is 32.0 Å². The average Bonchev–Trinajstić information content (AvgIpc) is 2.76. The van der Waals surface area contributed by atoms with Gasteiger partial charge in [0.15, 0.2) is 0 Å². The minimum absolute atomic E-state index is 0.00388. The maximum absolute atomic E-state index is 12.2. The zero-order valence-corrected chi connectivity index (χ0v) is 15.3. The maximum Gasteiger partial charge on any atom is 0.323 e. The molecule has 1 atom stereocenters. The number of hydrogen-bond acceptors (Lipinski definition) is 3. The summed E-state index contributed by atoms with van der Waals surface area (Å²) >= 11 is 0. The molecule has 0 spiro atoms. The van der Waals surface area contributed by atoms with Gasteiger partial charge >= 0.3 is 5.97 Å². The van der Waals surface area contributed by atoms with Crippen LogP contribution in [0.2, 0.25) is 0 Å². The van der Waals surface area contributed by atoms with Crippen LogP contribution in [0, 0.1) is 0 Å². The van der Waals surface area contributed by atoms with Crippen LogP contribution in [0.15, 0.2) is 24.3 Å². The molecule has 2 aromatic rings. The summed E-state index contributed by atoms with van der Waals surface area (Å²) in [6.07, 6.45) is 0.646. The molecule has 0 radical (unpaired) electrons. The monoisotopic (exact) mass is 316 g/mol. The van der Waals surface area contributed by atoms with Crippen LogP contribution in [-0.4, -0.2) is 42.7 Å². The molecular formula is C19H28N2O2. The van der Waals surface area contributed by atoms with E-state index < -0.39 is 0 Å². The van der Waals surface area contributed by atoms with Gasteiger partial charge in [-0.15, -0.1) is 0 Å². The number of nitrogens with zero attached hydrogens (tertiary/aromatic N) is 2. The van der Waals surface area contributed by atoms with Crippen molar-refractivity contribution in [1.29, 1.82) is 0 Å². The van der Waals surface area contributed by atoms with E-state index in [9.17, 15) is 4.79 Å². The number of methoxy groups -OCH3 is 1. The van der Waals surface area contributed by atoms with E-state index in [1.807, 2.05) is 19.0 Å². The first kappa shape index (κ1) is 17.5. The lowest BCUT2D eigenvalue weighted by Gasteiger charge is -2.26. The second kappa shape index (κ2) is 6.36. The van der Waals surface area contributed by atoms with Gasteiger partial charge in [-0.25, -0.2) is 0 Å². The molecule has 0 saturated heterocycles. The molecule has 1 heterocycles. The van der Waals surface area contributed by atoms with Crippen molar-refractivity contribution >= 4 is 16.9 Å². The number of benzene rings is 1. The molecular weight excluding hydrogens is 288 g/mol. The summed E-state index contributed by atoms with van der Waals surface area (Å²) in [5.41, 5.74) is 3.71. The Morgan fingerprint density at radius 3 is 2.39 bits per heavy atom. The fourth-order valence-corrected chi connectivity index (χ4v) is 3.44. The highest BCUT2D eigenvalue weighted by Gasteiger charge is 2.30. The number of esters is 1. The van der Waals surface area contributed by atoms with Gasteiger partial charge in [0.25, 0.3) is 0 Å². The summed E-state index contributed by atoms with van der Waals surface area (Å²) < 4.78 is 7.26. The molecule has 4 nitrogen and oxygen atoms in total. The fourth-order valence-electron chi connectivity index (χ4n) is 3.44. The predicted molar refractivity (Wildman–Crippen MR) is 94.8 cm³/mol. The molecule has 0 aliphatic rings. The smallest absolute Gasteiger partial charge is 0.323 e. The number of likely N-dealkylation sites (N-methyl/N-ethyl adjacent to an activating group) is 1. The highest BCUT2D eigenvalue weighted by Crippen LogP contribution is 2.35. The molecule has 0 amide bonds. The van der Waals surface area contributed by atoms with E-state index in [-0.39, 0.29) is 17.4 Å². The normalized spacial score (nSPS) is 13.6. The van der Waals surface area contributed by atoms with E-state index in [0.717, 1.165) is 0 Å². The van der Waals surface area contributed by atoms with Gasteiger partial charge in [0, 0.05) is 35.5 Å². The average molecular weight is 316 g/mol. The molecule has 0 fully saturated rings. The Balaban J connectivity index is 2.65. The van der Waals surface area contributed by atoms with Crippen molar-refractivity contribution in [3.8, 4) is 0 Å². The van der Waals surface area contributed by atoms with Crippen LogP contribution < -0.4 is 0 Å². The first-order valence-electron chi connectivity index (χ1n) is 7.99. The summed E-state index contributed by atoms with van der Waals surface area (Å²) in [7, 11) is 7.40. The Morgan fingerprint density at radius 2 is 1.87 bits per heavy atom. The van der Waals surface area contributed by atoms with Crippen LogP contribution >= 0.6 is 0 Å². The molecule has 126 valence electrons. The first-order chi connectivity index (χ1) is 10.7. The predicted octanol–water partition coefficient (Wildman–Crippen LogP) is 3.12. The highest BCUT2D eigenvalue weighted by molar-refractivity contribution is 5.87. The van der Waals surface area contributed by atoms with Gasteiger partial charge in [-0.1, -0.05) is 39.0 Å². The first-order valence-corrected chi connectivity index (χ1v) is 7.99. The molecule has 0 N–H and O–H groups in total. The van der Waals surface area contributed by atoms with Crippen molar-refractivity contribution in [2.24, 2.45) is 7.05 Å². The molecule has 0 aliphatic heterocycles. The van der Waals surface area contributed by atoms with Crippen LogP contribution in [0.4, 0.5) is 0 Å². The third kappa shape index (κ3) is 3.27. The molecule has 1 aromatic carbocycles.